The summed E-state index contributed by atoms with van der Waals surface area (Å²) >= 11 is 7.19. The first-order valence-electron chi connectivity index (χ1n) is 9.76. The number of hydrogen-bond acceptors (Lipinski definition) is 7. The molecule has 4 aromatic rings. The van der Waals surface area contributed by atoms with Crippen molar-refractivity contribution in [3.8, 4) is 0 Å². The van der Waals surface area contributed by atoms with Crippen molar-refractivity contribution in [2.24, 2.45) is 0 Å². The second-order valence-electron chi connectivity index (χ2n) is 7.08. The Morgan fingerprint density at radius 3 is 2.70 bits per heavy atom. The molecular weight excluding hydrogens is 468 g/mol. The largest absolute Gasteiger partial charge is 0.467 e. The Morgan fingerprint density at radius 1 is 1.27 bits per heavy atom. The number of fused-ring (bicyclic) bond motifs is 1. The fraction of sp³-hybridized carbons (Fsp3) is 0.136. The third-order valence-corrected chi connectivity index (χ3v) is 6.10. The van der Waals surface area contributed by atoms with Crippen LogP contribution in [0.3, 0.4) is 0 Å². The number of nitro benzene ring substituents is 1. The lowest BCUT2D eigenvalue weighted by atomic mass is 10.2. The minimum atomic E-state index is -0.633. The normalized spacial score (nSPS) is 11.9. The number of nitro groups is 1. The van der Waals surface area contributed by atoms with E-state index in [-0.39, 0.29) is 23.7 Å². The Hall–Kier alpha value is -3.63. The van der Waals surface area contributed by atoms with Crippen molar-refractivity contribution in [1.29, 1.82) is 0 Å². The van der Waals surface area contributed by atoms with Crippen molar-refractivity contribution in [3.63, 3.8) is 0 Å². The maximum atomic E-state index is 13.2. The van der Waals surface area contributed by atoms with Crippen LogP contribution in [-0.2, 0) is 11.3 Å². The molecule has 1 N–H and O–H groups in total. The van der Waals surface area contributed by atoms with Gasteiger partial charge in [0, 0.05) is 22.8 Å². The van der Waals surface area contributed by atoms with Crippen molar-refractivity contribution in [3.05, 3.63) is 92.1 Å². The molecule has 1 unspecified atom stereocenters. The van der Waals surface area contributed by atoms with Gasteiger partial charge in [-0.3, -0.25) is 24.3 Å². The lowest BCUT2D eigenvalue weighted by Gasteiger charge is -2.16. The molecule has 0 aliphatic carbocycles. The van der Waals surface area contributed by atoms with Gasteiger partial charge in [0.1, 0.15) is 5.76 Å². The van der Waals surface area contributed by atoms with Crippen molar-refractivity contribution in [2.75, 3.05) is 5.32 Å². The molecule has 33 heavy (non-hydrogen) atoms. The van der Waals surface area contributed by atoms with E-state index < -0.39 is 10.2 Å². The Kier molecular flexibility index (Phi) is 6.47. The van der Waals surface area contributed by atoms with Gasteiger partial charge >= 0.3 is 0 Å². The van der Waals surface area contributed by atoms with Crippen LogP contribution in [0.4, 0.5) is 11.4 Å². The molecule has 0 aliphatic rings. The summed E-state index contributed by atoms with van der Waals surface area (Å²) in [6, 6.07) is 13.8. The number of hydrogen-bond donors (Lipinski definition) is 1. The summed E-state index contributed by atoms with van der Waals surface area (Å²) in [5.41, 5.74) is 0.493. The van der Waals surface area contributed by atoms with Crippen molar-refractivity contribution in [1.82, 2.24) is 9.55 Å². The minimum absolute atomic E-state index is 0.0728. The van der Waals surface area contributed by atoms with Crippen LogP contribution in [0.5, 0.6) is 0 Å². The highest BCUT2D eigenvalue weighted by Gasteiger charge is 2.21. The van der Waals surface area contributed by atoms with Gasteiger partial charge < -0.3 is 9.73 Å². The number of benzene rings is 2. The number of thioether (sulfide) groups is 1. The lowest BCUT2D eigenvalue weighted by molar-refractivity contribution is -0.384. The second-order valence-corrected chi connectivity index (χ2v) is 8.82. The van der Waals surface area contributed by atoms with E-state index in [4.69, 9.17) is 16.0 Å². The smallest absolute Gasteiger partial charge is 0.269 e. The van der Waals surface area contributed by atoms with Gasteiger partial charge in [-0.05, 0) is 49.4 Å². The first-order valence-corrected chi connectivity index (χ1v) is 11.0. The van der Waals surface area contributed by atoms with Crippen LogP contribution in [-0.4, -0.2) is 25.6 Å². The average molecular weight is 485 g/mol. The summed E-state index contributed by atoms with van der Waals surface area (Å²) in [5, 5.41) is 14.1. The van der Waals surface area contributed by atoms with E-state index in [2.05, 4.69) is 10.3 Å². The zero-order chi connectivity index (χ0) is 23.5. The summed E-state index contributed by atoms with van der Waals surface area (Å²) in [7, 11) is 0. The second kappa shape index (κ2) is 9.47. The predicted octanol–water partition coefficient (Wildman–Crippen LogP) is 4.72. The number of rotatable bonds is 7. The van der Waals surface area contributed by atoms with Crippen molar-refractivity contribution < 1.29 is 14.1 Å². The molecule has 2 heterocycles. The van der Waals surface area contributed by atoms with Gasteiger partial charge in [0.2, 0.25) is 5.91 Å². The summed E-state index contributed by atoms with van der Waals surface area (Å²) < 4.78 is 6.85. The number of nitrogens with zero attached hydrogens (tertiary/aromatic N) is 3. The number of aromatic nitrogens is 2. The molecule has 0 spiro atoms. The number of halogens is 1. The van der Waals surface area contributed by atoms with Gasteiger partial charge in [0.25, 0.3) is 11.2 Å². The maximum Gasteiger partial charge on any atom is 0.269 e. The van der Waals surface area contributed by atoms with E-state index in [9.17, 15) is 19.7 Å². The number of amides is 1. The quantitative estimate of drug-likeness (QED) is 0.174. The van der Waals surface area contributed by atoms with Gasteiger partial charge in [-0.2, -0.15) is 0 Å². The molecule has 1 amide bonds. The summed E-state index contributed by atoms with van der Waals surface area (Å²) in [6.45, 7) is 1.83. The molecule has 0 radical (unpaired) electrons. The fourth-order valence-electron chi connectivity index (χ4n) is 3.08. The third kappa shape index (κ3) is 5.07. The first kappa shape index (κ1) is 22.6. The van der Waals surface area contributed by atoms with E-state index in [0.717, 1.165) is 11.8 Å². The van der Waals surface area contributed by atoms with Crippen LogP contribution < -0.4 is 10.9 Å². The number of carbonyl (C=O) groups excluding carboxylic acids is 1. The van der Waals surface area contributed by atoms with E-state index in [1.54, 1.807) is 37.3 Å². The molecule has 1 atom stereocenters. The minimum Gasteiger partial charge on any atom is -0.467 e. The molecule has 9 nitrogen and oxygen atoms in total. The van der Waals surface area contributed by atoms with E-state index in [1.807, 2.05) is 0 Å². The molecule has 168 valence electrons. The van der Waals surface area contributed by atoms with Gasteiger partial charge in [-0.1, -0.05) is 23.4 Å². The SMILES string of the molecule is CC(Sc1nc2cc(Cl)ccc2c(=O)n1Cc1ccco1)C(=O)Nc1ccc([N+](=O)[O-])cc1. The monoisotopic (exact) mass is 484 g/mol. The molecule has 2 aromatic heterocycles. The molecule has 0 bridgehead atoms. The Labute approximate surface area is 196 Å². The third-order valence-electron chi connectivity index (χ3n) is 4.77. The van der Waals surface area contributed by atoms with Crippen LogP contribution in [0, 0.1) is 10.1 Å². The van der Waals surface area contributed by atoms with Crippen LogP contribution in [0.25, 0.3) is 10.9 Å². The topological polar surface area (TPSA) is 120 Å². The van der Waals surface area contributed by atoms with Crippen LogP contribution >= 0.6 is 23.4 Å². The Balaban J connectivity index is 1.62. The summed E-state index contributed by atoms with van der Waals surface area (Å²) in [4.78, 5) is 40.8. The van der Waals surface area contributed by atoms with E-state index in [1.165, 1.54) is 35.1 Å². The first-order chi connectivity index (χ1) is 15.8. The van der Waals surface area contributed by atoms with Crippen molar-refractivity contribution in [2.45, 2.75) is 23.9 Å². The van der Waals surface area contributed by atoms with Gasteiger partial charge in [0.05, 0.1) is 33.9 Å². The lowest BCUT2D eigenvalue weighted by Crippen LogP contribution is -2.27. The van der Waals surface area contributed by atoms with Crippen LogP contribution in [0.15, 0.2) is 75.2 Å². The molecular formula is C22H17ClN4O5S. The fourth-order valence-corrected chi connectivity index (χ4v) is 4.16. The highest BCUT2D eigenvalue weighted by atomic mass is 35.5. The number of non-ortho nitro benzene ring substituents is 1. The number of nitrogens with one attached hydrogen (secondary N) is 1. The van der Waals surface area contributed by atoms with Crippen molar-refractivity contribution >= 4 is 51.5 Å². The predicted molar refractivity (Wildman–Crippen MR) is 126 cm³/mol. The molecule has 0 fully saturated rings. The highest BCUT2D eigenvalue weighted by Crippen LogP contribution is 2.26. The van der Waals surface area contributed by atoms with E-state index >= 15 is 0 Å². The van der Waals surface area contributed by atoms with Gasteiger partial charge in [-0.15, -0.1) is 0 Å². The average Bonchev–Trinajstić information content (AvgIpc) is 3.30. The molecule has 11 heteroatoms. The van der Waals surface area contributed by atoms with E-state index in [0.29, 0.717) is 32.5 Å². The Morgan fingerprint density at radius 2 is 2.03 bits per heavy atom. The van der Waals surface area contributed by atoms with Crippen LogP contribution in [0.2, 0.25) is 5.02 Å². The Bertz CT molecular complexity index is 1390. The van der Waals surface area contributed by atoms with Crippen LogP contribution in [0.1, 0.15) is 12.7 Å². The molecule has 2 aromatic carbocycles. The zero-order valence-corrected chi connectivity index (χ0v) is 18.8. The van der Waals surface area contributed by atoms with Gasteiger partial charge in [0.15, 0.2) is 5.16 Å². The zero-order valence-electron chi connectivity index (χ0n) is 17.2. The standard InChI is InChI=1S/C22H17ClN4O5S/c1-13(20(28)24-15-5-7-16(8-6-15)27(30)31)33-22-25-19-11-14(23)4-9-18(19)21(29)26(22)12-17-3-2-10-32-17/h2-11,13H,12H2,1H3,(H,24,28). The number of carbonyl (C=O) groups is 1. The highest BCUT2D eigenvalue weighted by molar-refractivity contribution is 8.00. The molecule has 0 saturated carbocycles. The molecule has 0 aliphatic heterocycles. The van der Waals surface area contributed by atoms with Gasteiger partial charge in [-0.25, -0.2) is 4.98 Å². The molecule has 0 saturated heterocycles. The summed E-state index contributed by atoms with van der Waals surface area (Å²) in [6.07, 6.45) is 1.52. The number of furan rings is 1. The number of anilines is 1. The summed E-state index contributed by atoms with van der Waals surface area (Å²) in [5.74, 6) is 0.218. The maximum absolute atomic E-state index is 13.2. The molecule has 4 rings (SSSR count).